The Hall–Kier alpha value is -4.51. The number of H-pyrrole nitrogens is 1. The van der Waals surface area contributed by atoms with E-state index in [2.05, 4.69) is 43.3 Å². The van der Waals surface area contributed by atoms with E-state index >= 15 is 0 Å². The Labute approximate surface area is 250 Å². The summed E-state index contributed by atoms with van der Waals surface area (Å²) in [6.07, 6.45) is 1.91. The summed E-state index contributed by atoms with van der Waals surface area (Å²) in [4.78, 5) is 29.3. The molecule has 3 aliphatic rings. The normalized spacial score (nSPS) is 18.0. The van der Waals surface area contributed by atoms with E-state index < -0.39 is 0 Å². The van der Waals surface area contributed by atoms with Gasteiger partial charge in [-0.05, 0) is 36.6 Å². The second-order valence-electron chi connectivity index (χ2n) is 11.2. The quantitative estimate of drug-likeness (QED) is 0.216. The summed E-state index contributed by atoms with van der Waals surface area (Å²) in [5.41, 5.74) is 9.66. The van der Waals surface area contributed by atoms with Gasteiger partial charge in [0.25, 0.3) is 0 Å². The number of aromatic nitrogens is 2. The molecule has 7 rings (SSSR count). The number of urea groups is 1. The minimum atomic E-state index is -0.381. The van der Waals surface area contributed by atoms with E-state index in [0.717, 1.165) is 67.9 Å². The third-order valence-corrected chi connectivity index (χ3v) is 8.47. The molecule has 0 bridgehead atoms. The number of nitrogens with one attached hydrogen (secondary N) is 4. The Morgan fingerprint density at radius 3 is 2.58 bits per heavy atom. The van der Waals surface area contributed by atoms with Crippen molar-refractivity contribution in [2.24, 2.45) is 0 Å². The third-order valence-electron chi connectivity index (χ3n) is 8.47. The van der Waals surface area contributed by atoms with Crippen molar-refractivity contribution >= 4 is 23.2 Å². The van der Waals surface area contributed by atoms with Crippen LogP contribution in [0.1, 0.15) is 34.3 Å². The van der Waals surface area contributed by atoms with Crippen molar-refractivity contribution in [2.45, 2.75) is 25.5 Å². The zero-order chi connectivity index (χ0) is 29.2. The summed E-state index contributed by atoms with van der Waals surface area (Å²) in [5.74, 6) is -0.149. The molecule has 0 saturated carbocycles. The van der Waals surface area contributed by atoms with Gasteiger partial charge in [0.05, 0.1) is 41.8 Å². The summed E-state index contributed by atoms with van der Waals surface area (Å²) in [7, 11) is 0. The number of carbonyl (C=O) groups excluding carboxylic acids is 2. The van der Waals surface area contributed by atoms with Crippen LogP contribution < -0.4 is 21.0 Å². The molecule has 10 heteroatoms. The number of hydrogen-bond donors (Lipinski definition) is 4. The number of nitrogens with zero attached hydrogens (tertiary/aromatic N) is 3. The zero-order valence-corrected chi connectivity index (χ0v) is 23.9. The van der Waals surface area contributed by atoms with E-state index in [9.17, 15) is 9.59 Å². The maximum atomic E-state index is 13.8. The number of anilines is 2. The summed E-state index contributed by atoms with van der Waals surface area (Å²) in [5, 5.41) is 15.8. The first-order valence-corrected chi connectivity index (χ1v) is 14.9. The van der Waals surface area contributed by atoms with Crippen LogP contribution in [-0.4, -0.2) is 72.4 Å². The Morgan fingerprint density at radius 1 is 0.953 bits per heavy atom. The van der Waals surface area contributed by atoms with Crippen molar-refractivity contribution in [1.82, 2.24) is 25.9 Å². The van der Waals surface area contributed by atoms with Gasteiger partial charge in [0.15, 0.2) is 5.78 Å². The molecule has 1 aliphatic carbocycles. The molecule has 0 radical (unpaired) electrons. The highest BCUT2D eigenvalue weighted by Crippen LogP contribution is 2.43. The maximum absolute atomic E-state index is 13.8. The van der Waals surface area contributed by atoms with Crippen LogP contribution in [0.3, 0.4) is 0 Å². The number of benzene rings is 3. The van der Waals surface area contributed by atoms with Gasteiger partial charge in [-0.3, -0.25) is 15.3 Å². The van der Waals surface area contributed by atoms with E-state index in [4.69, 9.17) is 4.74 Å². The highest BCUT2D eigenvalue weighted by Gasteiger charge is 2.35. The molecule has 3 aromatic carbocycles. The van der Waals surface area contributed by atoms with E-state index in [1.807, 2.05) is 59.6 Å². The van der Waals surface area contributed by atoms with Gasteiger partial charge in [-0.25, -0.2) is 9.80 Å². The summed E-state index contributed by atoms with van der Waals surface area (Å²) < 4.78 is 5.95. The first-order valence-electron chi connectivity index (χ1n) is 14.9. The molecule has 10 nitrogen and oxygen atoms in total. The number of fused-ring (bicyclic) bond motifs is 3. The number of hydrogen-bond acceptors (Lipinski definition) is 7. The van der Waals surface area contributed by atoms with Crippen LogP contribution in [-0.2, 0) is 11.3 Å². The fourth-order valence-electron chi connectivity index (χ4n) is 6.28. The number of ketones is 1. The van der Waals surface area contributed by atoms with Gasteiger partial charge in [0.1, 0.15) is 5.69 Å². The first kappa shape index (κ1) is 27.3. The average Bonchev–Trinajstić information content (AvgIpc) is 3.75. The van der Waals surface area contributed by atoms with Gasteiger partial charge in [0, 0.05) is 49.5 Å². The Balaban J connectivity index is 1.02. The summed E-state index contributed by atoms with van der Waals surface area (Å²) in [6.45, 7) is 5.67. The van der Waals surface area contributed by atoms with Gasteiger partial charge >= 0.3 is 6.03 Å². The number of hydrazine groups is 1. The van der Waals surface area contributed by atoms with Gasteiger partial charge in [0.2, 0.25) is 0 Å². The van der Waals surface area contributed by atoms with Crippen LogP contribution in [0.15, 0.2) is 72.8 Å². The number of aromatic amines is 1. The monoisotopic (exact) mass is 577 g/mol. The van der Waals surface area contributed by atoms with E-state index in [-0.39, 0.29) is 17.9 Å². The lowest BCUT2D eigenvalue weighted by Crippen LogP contribution is -2.48. The molecule has 220 valence electrons. The molecule has 1 atom stereocenters. The molecule has 2 aliphatic heterocycles. The highest BCUT2D eigenvalue weighted by molar-refractivity contribution is 6.26. The second kappa shape index (κ2) is 12.0. The standard InChI is InChI=1S/C33H35N7O3/c41-32-28-26(31-29(32)30(36-37-31)23-11-13-24(14-12-23)39-18-15-34-16-19-39)9-4-10-27(28)35-33(42)38-40-17-5-8-25(40)21-43-20-22-6-2-1-3-7-22/h1-4,6-7,9-14,25,34H,5,8,15-21H2,(H,36,37)(H2,35,38,42)/t25-/m1/s1. The Kier molecular flexibility index (Phi) is 7.63. The van der Waals surface area contributed by atoms with E-state index in [0.29, 0.717) is 41.4 Å². The fraction of sp³-hybridized carbons (Fsp3) is 0.303. The number of ether oxygens (including phenoxy) is 1. The lowest BCUT2D eigenvalue weighted by atomic mass is 10.0. The second-order valence-corrected chi connectivity index (χ2v) is 11.2. The number of carbonyl (C=O) groups is 2. The smallest absolute Gasteiger partial charge is 0.333 e. The molecular weight excluding hydrogens is 542 g/mol. The number of amides is 2. The predicted octanol–water partition coefficient (Wildman–Crippen LogP) is 4.42. The van der Waals surface area contributed by atoms with Crippen molar-refractivity contribution < 1.29 is 14.3 Å². The van der Waals surface area contributed by atoms with Crippen LogP contribution in [0.4, 0.5) is 16.2 Å². The van der Waals surface area contributed by atoms with Crippen molar-refractivity contribution in [3.8, 4) is 22.5 Å². The maximum Gasteiger partial charge on any atom is 0.333 e. The molecule has 4 aromatic rings. The lowest BCUT2D eigenvalue weighted by Gasteiger charge is -2.29. The van der Waals surface area contributed by atoms with Crippen molar-refractivity contribution in [3.63, 3.8) is 0 Å². The molecule has 0 unspecified atom stereocenters. The molecule has 43 heavy (non-hydrogen) atoms. The van der Waals surface area contributed by atoms with Crippen LogP contribution in [0, 0.1) is 0 Å². The Bertz CT molecular complexity index is 1610. The van der Waals surface area contributed by atoms with Crippen LogP contribution in [0.5, 0.6) is 0 Å². The van der Waals surface area contributed by atoms with Crippen molar-refractivity contribution in [1.29, 1.82) is 0 Å². The van der Waals surface area contributed by atoms with Crippen molar-refractivity contribution in [2.75, 3.05) is 49.5 Å². The average molecular weight is 578 g/mol. The molecule has 1 aromatic heterocycles. The summed E-state index contributed by atoms with van der Waals surface area (Å²) in [6, 6.07) is 23.5. The summed E-state index contributed by atoms with van der Waals surface area (Å²) >= 11 is 0. The molecule has 3 heterocycles. The minimum Gasteiger partial charge on any atom is -0.375 e. The lowest BCUT2D eigenvalue weighted by molar-refractivity contribution is 0.0538. The van der Waals surface area contributed by atoms with Crippen LogP contribution in [0.25, 0.3) is 22.5 Å². The van der Waals surface area contributed by atoms with Crippen LogP contribution >= 0.6 is 0 Å². The van der Waals surface area contributed by atoms with Crippen molar-refractivity contribution in [3.05, 3.63) is 89.5 Å². The first-order chi connectivity index (χ1) is 21.2. The highest BCUT2D eigenvalue weighted by atomic mass is 16.5. The predicted molar refractivity (Wildman–Crippen MR) is 166 cm³/mol. The Morgan fingerprint density at radius 2 is 1.77 bits per heavy atom. The van der Waals surface area contributed by atoms with Crippen LogP contribution in [0.2, 0.25) is 0 Å². The van der Waals surface area contributed by atoms with Gasteiger partial charge in [-0.2, -0.15) is 5.10 Å². The molecule has 0 spiro atoms. The SMILES string of the molecule is O=C(Nc1cccc2c1C(=O)c1c(-c3ccc(N4CCNCC4)cc3)n[nH]c1-2)NN1CCC[C@@H]1COCc1ccccc1. The third kappa shape index (κ3) is 5.52. The minimum absolute atomic E-state index is 0.0870. The number of rotatable bonds is 8. The molecule has 2 fully saturated rings. The topological polar surface area (TPSA) is 115 Å². The largest absolute Gasteiger partial charge is 0.375 e. The number of piperazine rings is 1. The zero-order valence-electron chi connectivity index (χ0n) is 23.9. The molecular formula is C33H35N7O3. The van der Waals surface area contributed by atoms with Gasteiger partial charge < -0.3 is 20.3 Å². The molecule has 2 amide bonds. The van der Waals surface area contributed by atoms with E-state index in [1.54, 1.807) is 6.07 Å². The van der Waals surface area contributed by atoms with E-state index in [1.165, 1.54) is 0 Å². The fourth-order valence-corrected chi connectivity index (χ4v) is 6.28. The van der Waals surface area contributed by atoms with Gasteiger partial charge in [-0.15, -0.1) is 0 Å². The van der Waals surface area contributed by atoms with Gasteiger partial charge in [-0.1, -0.05) is 54.6 Å². The molecule has 2 saturated heterocycles. The molecule has 4 N–H and O–H groups in total.